The van der Waals surface area contributed by atoms with Gasteiger partial charge in [0.15, 0.2) is 16.5 Å². The number of ether oxygens (including phenoxy) is 2. The number of imidazole rings is 1. The fourth-order valence-electron chi connectivity index (χ4n) is 2.34. The highest BCUT2D eigenvalue weighted by atomic mass is 32.1. The quantitative estimate of drug-likeness (QED) is 0.788. The molecule has 0 bridgehead atoms. The van der Waals surface area contributed by atoms with Crippen molar-refractivity contribution in [3.63, 3.8) is 0 Å². The number of nitrogens with zero attached hydrogens (tertiary/aromatic N) is 2. The summed E-state index contributed by atoms with van der Waals surface area (Å²) in [5.74, 6) is 0.503. The van der Waals surface area contributed by atoms with E-state index in [4.69, 9.17) is 14.6 Å². The molecule has 0 aliphatic carbocycles. The maximum atomic E-state index is 11.1. The molecule has 106 valence electrons. The number of aryl methyl sites for hydroxylation is 1. The summed E-state index contributed by atoms with van der Waals surface area (Å²) in [7, 11) is 0. The lowest BCUT2D eigenvalue weighted by Crippen LogP contribution is -1.96. The summed E-state index contributed by atoms with van der Waals surface area (Å²) >= 11 is 1.17. The Labute approximate surface area is 123 Å². The molecule has 1 N–H and O–H groups in total. The third-order valence-electron chi connectivity index (χ3n) is 3.42. The number of carboxylic acids is 1. The van der Waals surface area contributed by atoms with Crippen LogP contribution in [-0.2, 0) is 0 Å². The van der Waals surface area contributed by atoms with Crippen molar-refractivity contribution in [2.75, 3.05) is 6.79 Å². The fourth-order valence-corrected chi connectivity index (χ4v) is 3.29. The van der Waals surface area contributed by atoms with Crippen molar-refractivity contribution in [1.82, 2.24) is 9.38 Å². The second-order valence-electron chi connectivity index (χ2n) is 4.67. The van der Waals surface area contributed by atoms with Gasteiger partial charge in [-0.25, -0.2) is 9.78 Å². The van der Waals surface area contributed by atoms with E-state index in [0.29, 0.717) is 21.3 Å². The topological polar surface area (TPSA) is 73.1 Å². The van der Waals surface area contributed by atoms with E-state index in [2.05, 4.69) is 4.98 Å². The first-order valence-electron chi connectivity index (χ1n) is 6.25. The smallest absolute Gasteiger partial charge is 0.347 e. The number of fused-ring (bicyclic) bond motifs is 2. The van der Waals surface area contributed by atoms with E-state index in [0.717, 1.165) is 17.0 Å². The lowest BCUT2D eigenvalue weighted by atomic mass is 10.1. The number of thiazole rings is 1. The Bertz CT molecular complexity index is 881. The van der Waals surface area contributed by atoms with E-state index in [-0.39, 0.29) is 6.79 Å². The van der Waals surface area contributed by atoms with Gasteiger partial charge in [-0.2, -0.15) is 0 Å². The zero-order valence-corrected chi connectivity index (χ0v) is 11.8. The molecule has 0 fully saturated rings. The lowest BCUT2D eigenvalue weighted by Gasteiger charge is -1.99. The van der Waals surface area contributed by atoms with Crippen LogP contribution >= 0.6 is 11.3 Å². The van der Waals surface area contributed by atoms with Gasteiger partial charge in [0, 0.05) is 17.5 Å². The molecule has 2 aromatic heterocycles. The highest BCUT2D eigenvalue weighted by molar-refractivity contribution is 7.19. The van der Waals surface area contributed by atoms with Crippen LogP contribution in [0.4, 0.5) is 0 Å². The van der Waals surface area contributed by atoms with Crippen LogP contribution in [0.15, 0.2) is 24.4 Å². The molecule has 6 nitrogen and oxygen atoms in total. The summed E-state index contributed by atoms with van der Waals surface area (Å²) < 4.78 is 12.4. The van der Waals surface area contributed by atoms with Crippen molar-refractivity contribution >= 4 is 22.3 Å². The number of hydrogen-bond acceptors (Lipinski definition) is 5. The molecular weight excluding hydrogens is 292 g/mol. The van der Waals surface area contributed by atoms with Gasteiger partial charge in [-0.1, -0.05) is 11.3 Å². The molecule has 4 rings (SSSR count). The predicted octanol–water partition coefficient (Wildman–Crippen LogP) is 2.80. The lowest BCUT2D eigenvalue weighted by molar-refractivity contribution is 0.0701. The van der Waals surface area contributed by atoms with Gasteiger partial charge in [-0.15, -0.1) is 0 Å². The number of rotatable bonds is 2. The Kier molecular flexibility index (Phi) is 2.46. The normalized spacial score (nSPS) is 13.0. The number of benzene rings is 1. The number of hydrogen-bond donors (Lipinski definition) is 1. The molecule has 1 aliphatic rings. The maximum Gasteiger partial charge on any atom is 0.347 e. The van der Waals surface area contributed by atoms with Crippen molar-refractivity contribution in [3.05, 3.63) is 35.0 Å². The van der Waals surface area contributed by atoms with Gasteiger partial charge < -0.3 is 14.6 Å². The summed E-state index contributed by atoms with van der Waals surface area (Å²) in [4.78, 5) is 16.6. The van der Waals surface area contributed by atoms with Gasteiger partial charge in [0.2, 0.25) is 6.79 Å². The highest BCUT2D eigenvalue weighted by Crippen LogP contribution is 2.36. The minimum Gasteiger partial charge on any atom is -0.477 e. The van der Waals surface area contributed by atoms with E-state index in [9.17, 15) is 4.79 Å². The second-order valence-corrected chi connectivity index (χ2v) is 5.65. The molecular formula is C14H10N2O4S. The molecule has 3 aromatic rings. The predicted molar refractivity (Wildman–Crippen MR) is 76.3 cm³/mol. The van der Waals surface area contributed by atoms with Crippen molar-refractivity contribution in [2.45, 2.75) is 6.92 Å². The summed E-state index contributed by atoms with van der Waals surface area (Å²) in [6.07, 6.45) is 1.84. The van der Waals surface area contributed by atoms with Crippen LogP contribution in [0.1, 0.15) is 15.4 Å². The first kappa shape index (κ1) is 12.2. The third kappa shape index (κ3) is 1.78. The average Bonchev–Trinajstić information content (AvgIpc) is 3.13. The Morgan fingerprint density at radius 1 is 1.38 bits per heavy atom. The summed E-state index contributed by atoms with van der Waals surface area (Å²) in [5.41, 5.74) is 2.37. The molecule has 0 radical (unpaired) electrons. The van der Waals surface area contributed by atoms with E-state index in [1.165, 1.54) is 11.3 Å². The molecule has 0 saturated carbocycles. The standard InChI is InChI=1S/C14H10N2O4S/c1-7-12(13(17)18)21-14-15-9(5-16(7)14)8-2-3-10-11(4-8)20-6-19-10/h2-5H,6H2,1H3,(H,17,18). The average molecular weight is 302 g/mol. The van der Waals surface area contributed by atoms with E-state index >= 15 is 0 Å². The molecule has 0 amide bonds. The van der Waals surface area contributed by atoms with Crippen LogP contribution in [-0.4, -0.2) is 27.3 Å². The molecule has 0 spiro atoms. The van der Waals surface area contributed by atoms with Gasteiger partial charge in [0.1, 0.15) is 4.88 Å². The van der Waals surface area contributed by atoms with Crippen LogP contribution in [0, 0.1) is 6.92 Å². The largest absolute Gasteiger partial charge is 0.477 e. The van der Waals surface area contributed by atoms with Crippen molar-refractivity contribution in [2.24, 2.45) is 0 Å². The summed E-state index contributed by atoms with van der Waals surface area (Å²) in [5, 5.41) is 9.12. The number of carbonyl (C=O) groups is 1. The Balaban J connectivity index is 1.82. The van der Waals surface area contributed by atoms with E-state index in [1.54, 1.807) is 11.3 Å². The molecule has 1 aromatic carbocycles. The third-order valence-corrected chi connectivity index (χ3v) is 4.56. The van der Waals surface area contributed by atoms with Gasteiger partial charge in [0.25, 0.3) is 0 Å². The Morgan fingerprint density at radius 3 is 2.95 bits per heavy atom. The number of aromatic carboxylic acids is 1. The fraction of sp³-hybridized carbons (Fsp3) is 0.143. The molecule has 3 heterocycles. The first-order valence-corrected chi connectivity index (χ1v) is 7.07. The van der Waals surface area contributed by atoms with Crippen LogP contribution < -0.4 is 9.47 Å². The van der Waals surface area contributed by atoms with Crippen LogP contribution in [0.25, 0.3) is 16.2 Å². The van der Waals surface area contributed by atoms with Crippen molar-refractivity contribution < 1.29 is 19.4 Å². The van der Waals surface area contributed by atoms with E-state index < -0.39 is 5.97 Å². The Hall–Kier alpha value is -2.54. The first-order chi connectivity index (χ1) is 10.1. The van der Waals surface area contributed by atoms with E-state index in [1.807, 2.05) is 24.4 Å². The van der Waals surface area contributed by atoms with Gasteiger partial charge in [-0.05, 0) is 25.1 Å². The van der Waals surface area contributed by atoms with Crippen LogP contribution in [0.3, 0.4) is 0 Å². The number of aromatic nitrogens is 2. The maximum absolute atomic E-state index is 11.1. The molecule has 7 heteroatoms. The zero-order valence-electron chi connectivity index (χ0n) is 11.0. The molecule has 1 aliphatic heterocycles. The monoisotopic (exact) mass is 302 g/mol. The minimum absolute atomic E-state index is 0.234. The van der Waals surface area contributed by atoms with Gasteiger partial charge in [0.05, 0.1) is 5.69 Å². The van der Waals surface area contributed by atoms with Crippen LogP contribution in [0.2, 0.25) is 0 Å². The molecule has 0 saturated heterocycles. The highest BCUT2D eigenvalue weighted by Gasteiger charge is 2.19. The molecule has 0 unspecified atom stereocenters. The number of carboxylic acid groups (broad SMARTS) is 1. The minimum atomic E-state index is -0.923. The molecule has 21 heavy (non-hydrogen) atoms. The second kappa shape index (κ2) is 4.23. The van der Waals surface area contributed by atoms with Crippen molar-refractivity contribution in [1.29, 1.82) is 0 Å². The van der Waals surface area contributed by atoms with Crippen molar-refractivity contribution in [3.8, 4) is 22.8 Å². The van der Waals surface area contributed by atoms with Crippen LogP contribution in [0.5, 0.6) is 11.5 Å². The van der Waals surface area contributed by atoms with Gasteiger partial charge in [-0.3, -0.25) is 4.40 Å². The SMILES string of the molecule is Cc1c(C(=O)O)sc2nc(-c3ccc4c(c3)OCO4)cn12. The summed E-state index contributed by atoms with van der Waals surface area (Å²) in [6.45, 7) is 2.01. The zero-order chi connectivity index (χ0) is 14.6. The van der Waals surface area contributed by atoms with Gasteiger partial charge >= 0.3 is 5.97 Å². The summed E-state index contributed by atoms with van der Waals surface area (Å²) in [6, 6.07) is 5.64. The Morgan fingerprint density at radius 2 is 2.19 bits per heavy atom. The molecule has 0 atom stereocenters.